The topological polar surface area (TPSA) is 128 Å². The molecular weight excluding hydrogens is 325 g/mol. The molecule has 2 N–H and O–H groups in total. The molecule has 13 heteroatoms. The van der Waals surface area contributed by atoms with E-state index < -0.39 is 36.0 Å². The number of nitro groups is 1. The number of ether oxygens (including phenoxy) is 1. The third-order valence-corrected chi connectivity index (χ3v) is 2.42. The second-order valence-electron chi connectivity index (χ2n) is 4.20. The van der Waals surface area contributed by atoms with Crippen LogP contribution in [0.15, 0.2) is 18.6 Å². The number of nitrogens with zero attached hydrogens (tertiary/aromatic N) is 4. The molecule has 0 aliphatic carbocycles. The van der Waals surface area contributed by atoms with Gasteiger partial charge in [-0.15, -0.1) is 0 Å². The van der Waals surface area contributed by atoms with Gasteiger partial charge in [-0.2, -0.15) is 23.4 Å². The maximum Gasteiger partial charge on any atom is 0.411 e. The van der Waals surface area contributed by atoms with E-state index in [1.807, 2.05) is 0 Å². The molecule has 2 rings (SSSR count). The molecule has 0 bridgehead atoms. The van der Waals surface area contributed by atoms with Gasteiger partial charge in [0.25, 0.3) is 5.91 Å². The molecule has 0 saturated heterocycles. The first-order chi connectivity index (χ1) is 10.8. The van der Waals surface area contributed by atoms with Crippen LogP contribution in [0.1, 0.15) is 10.5 Å². The zero-order valence-electron chi connectivity index (χ0n) is 11.2. The second-order valence-corrected chi connectivity index (χ2v) is 4.20. The summed E-state index contributed by atoms with van der Waals surface area (Å²) in [6, 6.07) is 0. The molecule has 23 heavy (non-hydrogen) atoms. The van der Waals surface area contributed by atoms with Gasteiger partial charge in [0.15, 0.2) is 0 Å². The zero-order valence-corrected chi connectivity index (χ0v) is 11.2. The van der Waals surface area contributed by atoms with Crippen LogP contribution in [0.25, 0.3) is 0 Å². The highest BCUT2D eigenvalue weighted by Crippen LogP contribution is 2.17. The highest BCUT2D eigenvalue weighted by atomic mass is 19.4. The Balaban J connectivity index is 1.95. The Labute approximate surface area is 125 Å². The van der Waals surface area contributed by atoms with Crippen molar-refractivity contribution in [1.82, 2.24) is 20.0 Å². The van der Waals surface area contributed by atoms with Gasteiger partial charge in [-0.25, -0.2) is 4.68 Å². The Hall–Kier alpha value is -2.96. The minimum atomic E-state index is -4.45. The monoisotopic (exact) mass is 334 g/mol. The molecule has 2 aromatic rings. The number of aromatic nitrogens is 4. The van der Waals surface area contributed by atoms with Gasteiger partial charge in [-0.1, -0.05) is 0 Å². The fourth-order valence-corrected chi connectivity index (χ4v) is 1.53. The van der Waals surface area contributed by atoms with Gasteiger partial charge in [-0.05, 0) is 0 Å². The molecule has 0 aliphatic rings. The van der Waals surface area contributed by atoms with Gasteiger partial charge in [-0.3, -0.25) is 20.0 Å². The lowest BCUT2D eigenvalue weighted by atomic mass is 10.3. The molecule has 0 aliphatic heterocycles. The van der Waals surface area contributed by atoms with E-state index in [1.54, 1.807) is 0 Å². The summed E-state index contributed by atoms with van der Waals surface area (Å²) in [6.07, 6.45) is -1.22. The largest absolute Gasteiger partial charge is 0.411 e. The molecule has 0 unspecified atom stereocenters. The van der Waals surface area contributed by atoms with E-state index in [2.05, 4.69) is 25.3 Å². The van der Waals surface area contributed by atoms with Crippen molar-refractivity contribution in [2.75, 3.05) is 11.9 Å². The summed E-state index contributed by atoms with van der Waals surface area (Å²) in [7, 11) is 0. The van der Waals surface area contributed by atoms with E-state index in [4.69, 9.17) is 0 Å². The van der Waals surface area contributed by atoms with Crippen LogP contribution < -0.4 is 5.32 Å². The average Bonchev–Trinajstić information content (AvgIpc) is 3.06. The third-order valence-electron chi connectivity index (χ3n) is 2.42. The Morgan fingerprint density at radius 3 is 2.87 bits per heavy atom. The van der Waals surface area contributed by atoms with Crippen LogP contribution in [0.3, 0.4) is 0 Å². The number of hydrogen-bond acceptors (Lipinski definition) is 6. The van der Waals surface area contributed by atoms with E-state index >= 15 is 0 Å². The first-order valence-corrected chi connectivity index (χ1v) is 5.92. The lowest BCUT2D eigenvalue weighted by molar-refractivity contribution is -0.385. The Bertz CT molecular complexity index is 710. The van der Waals surface area contributed by atoms with E-state index in [0.29, 0.717) is 0 Å². The summed E-state index contributed by atoms with van der Waals surface area (Å²) in [5.41, 5.74) is -0.756. The zero-order chi connectivity index (χ0) is 17.0. The number of alkyl halides is 3. The number of rotatable bonds is 6. The first kappa shape index (κ1) is 16.4. The minimum absolute atomic E-state index is 0.120. The molecule has 2 aromatic heterocycles. The van der Waals surface area contributed by atoms with Crippen molar-refractivity contribution >= 4 is 17.3 Å². The smallest absolute Gasteiger partial charge is 0.350 e. The van der Waals surface area contributed by atoms with E-state index in [-0.39, 0.29) is 11.4 Å². The fourth-order valence-electron chi connectivity index (χ4n) is 1.53. The predicted molar refractivity (Wildman–Crippen MR) is 67.4 cm³/mol. The number of aromatic amines is 1. The number of carbonyl (C=O) groups excluding carboxylic acids is 1. The molecule has 2 heterocycles. The van der Waals surface area contributed by atoms with Crippen LogP contribution in [0.5, 0.6) is 0 Å². The fraction of sp³-hybridized carbons (Fsp3) is 0.300. The van der Waals surface area contributed by atoms with Crippen LogP contribution in [0.4, 0.5) is 24.5 Å². The van der Waals surface area contributed by atoms with Crippen LogP contribution in [0.2, 0.25) is 0 Å². The van der Waals surface area contributed by atoms with E-state index in [0.717, 1.165) is 17.1 Å². The third kappa shape index (κ3) is 4.50. The average molecular weight is 334 g/mol. The van der Waals surface area contributed by atoms with E-state index in [1.165, 1.54) is 6.20 Å². The molecule has 124 valence electrons. The summed E-state index contributed by atoms with van der Waals surface area (Å²) in [6.45, 7) is -1.91. The van der Waals surface area contributed by atoms with Gasteiger partial charge in [0.1, 0.15) is 19.5 Å². The standard InChI is InChI=1S/C10H9F3N6O4/c11-10(12,13)4-23-5-18-3-6(1-15-18)16-9(20)8-7(19(21)22)2-14-17-8/h1-3H,4-5H2,(H,14,17)(H,16,20). The molecule has 0 aromatic carbocycles. The number of nitrogens with one attached hydrogen (secondary N) is 2. The molecule has 1 amide bonds. The van der Waals surface area contributed by atoms with Crippen LogP contribution in [-0.4, -0.2) is 43.6 Å². The predicted octanol–water partition coefficient (Wildman–Crippen LogP) is 1.30. The van der Waals surface area contributed by atoms with Gasteiger partial charge in [0.05, 0.1) is 23.0 Å². The number of halogens is 3. The van der Waals surface area contributed by atoms with Gasteiger partial charge in [0.2, 0.25) is 5.69 Å². The molecule has 0 radical (unpaired) electrons. The van der Waals surface area contributed by atoms with Crippen molar-refractivity contribution in [2.24, 2.45) is 0 Å². The molecule has 0 spiro atoms. The number of carbonyl (C=O) groups is 1. The Morgan fingerprint density at radius 2 is 2.22 bits per heavy atom. The number of H-pyrrole nitrogens is 1. The van der Waals surface area contributed by atoms with Crippen molar-refractivity contribution in [3.63, 3.8) is 0 Å². The quantitative estimate of drug-likeness (QED) is 0.605. The summed E-state index contributed by atoms with van der Waals surface area (Å²) >= 11 is 0. The molecule has 0 atom stereocenters. The first-order valence-electron chi connectivity index (χ1n) is 5.92. The Kier molecular flexibility index (Phi) is 4.59. The maximum atomic E-state index is 11.9. The molecule has 0 saturated carbocycles. The summed E-state index contributed by atoms with van der Waals surface area (Å²) < 4.78 is 41.2. The highest BCUT2D eigenvalue weighted by Gasteiger charge is 2.27. The SMILES string of the molecule is O=C(Nc1cnn(COCC(F)(F)F)c1)c1[nH]ncc1[N+](=O)[O-]. The van der Waals surface area contributed by atoms with Gasteiger partial charge < -0.3 is 10.1 Å². The summed E-state index contributed by atoms with van der Waals surface area (Å²) in [5.74, 6) is -0.843. The summed E-state index contributed by atoms with van der Waals surface area (Å²) in [4.78, 5) is 21.8. The van der Waals surface area contributed by atoms with Crippen LogP contribution in [-0.2, 0) is 11.5 Å². The molecule has 10 nitrogen and oxygen atoms in total. The second kappa shape index (κ2) is 6.43. The van der Waals surface area contributed by atoms with Crippen molar-refractivity contribution < 1.29 is 27.6 Å². The normalized spacial score (nSPS) is 11.4. The van der Waals surface area contributed by atoms with Crippen molar-refractivity contribution in [2.45, 2.75) is 12.9 Å². The van der Waals surface area contributed by atoms with Crippen LogP contribution >= 0.6 is 0 Å². The molecular formula is C10H9F3N6O4. The van der Waals surface area contributed by atoms with Gasteiger partial charge in [0, 0.05) is 0 Å². The maximum absolute atomic E-state index is 11.9. The van der Waals surface area contributed by atoms with Crippen molar-refractivity contribution in [3.05, 3.63) is 34.4 Å². The van der Waals surface area contributed by atoms with Crippen molar-refractivity contribution in [3.8, 4) is 0 Å². The summed E-state index contributed by atoms with van der Waals surface area (Å²) in [5, 5.41) is 22.2. The van der Waals surface area contributed by atoms with Gasteiger partial charge >= 0.3 is 11.9 Å². The Morgan fingerprint density at radius 1 is 1.48 bits per heavy atom. The lowest BCUT2D eigenvalue weighted by Crippen LogP contribution is -2.18. The van der Waals surface area contributed by atoms with Crippen LogP contribution in [0, 0.1) is 10.1 Å². The lowest BCUT2D eigenvalue weighted by Gasteiger charge is -2.07. The van der Waals surface area contributed by atoms with E-state index in [9.17, 15) is 28.1 Å². The number of anilines is 1. The van der Waals surface area contributed by atoms with Crippen molar-refractivity contribution in [1.29, 1.82) is 0 Å². The minimum Gasteiger partial charge on any atom is -0.350 e. The highest BCUT2D eigenvalue weighted by molar-refractivity contribution is 6.05. The number of hydrogen-bond donors (Lipinski definition) is 2. The number of amides is 1. The molecule has 0 fully saturated rings.